The van der Waals surface area contributed by atoms with Crippen molar-refractivity contribution in [3.05, 3.63) is 59.7 Å². The van der Waals surface area contributed by atoms with E-state index in [1.165, 1.54) is 11.1 Å². The highest BCUT2D eigenvalue weighted by molar-refractivity contribution is 5.90. The van der Waals surface area contributed by atoms with Gasteiger partial charge in [-0.25, -0.2) is 4.79 Å². The number of anilines is 1. The summed E-state index contributed by atoms with van der Waals surface area (Å²) in [6.07, 6.45) is 3.10. The number of carbonyl (C=O) groups is 1. The predicted octanol–water partition coefficient (Wildman–Crippen LogP) is 4.07. The lowest BCUT2D eigenvalue weighted by atomic mass is 9.78. The normalized spacial score (nSPS) is 19.6. The van der Waals surface area contributed by atoms with Crippen LogP contribution in [0.25, 0.3) is 0 Å². The molecule has 2 aromatic rings. The minimum atomic E-state index is -0.328. The zero-order chi connectivity index (χ0) is 16.3. The molecule has 1 aliphatic carbocycles. The molecule has 120 valence electrons. The van der Waals surface area contributed by atoms with Crippen LogP contribution in [0.15, 0.2) is 48.5 Å². The van der Waals surface area contributed by atoms with Gasteiger partial charge in [-0.1, -0.05) is 24.3 Å². The highest BCUT2D eigenvalue weighted by Crippen LogP contribution is 2.34. The van der Waals surface area contributed by atoms with Gasteiger partial charge in [0.2, 0.25) is 0 Å². The Morgan fingerprint density at radius 3 is 2.61 bits per heavy atom. The van der Waals surface area contributed by atoms with Gasteiger partial charge < -0.3 is 15.4 Å². The predicted molar refractivity (Wildman–Crippen MR) is 91.9 cm³/mol. The van der Waals surface area contributed by atoms with Crippen LogP contribution in [-0.2, 0) is 12.0 Å². The molecule has 4 nitrogen and oxygen atoms in total. The first-order valence-electron chi connectivity index (χ1n) is 7.92. The summed E-state index contributed by atoms with van der Waals surface area (Å²) in [5, 5.41) is 6.04. The van der Waals surface area contributed by atoms with Gasteiger partial charge in [-0.3, -0.25) is 0 Å². The van der Waals surface area contributed by atoms with E-state index in [4.69, 9.17) is 4.74 Å². The molecule has 0 unspecified atom stereocenters. The van der Waals surface area contributed by atoms with Crippen molar-refractivity contribution in [2.24, 2.45) is 0 Å². The Bertz CT molecular complexity index is 697. The van der Waals surface area contributed by atoms with Gasteiger partial charge in [0, 0.05) is 5.69 Å². The molecule has 0 aromatic heterocycles. The second kappa shape index (κ2) is 6.32. The van der Waals surface area contributed by atoms with Crippen LogP contribution in [0.4, 0.5) is 10.5 Å². The van der Waals surface area contributed by atoms with Crippen molar-refractivity contribution in [2.45, 2.75) is 31.7 Å². The number of rotatable bonds is 3. The van der Waals surface area contributed by atoms with Gasteiger partial charge in [-0.2, -0.15) is 0 Å². The number of hydrogen-bond acceptors (Lipinski definition) is 2. The van der Waals surface area contributed by atoms with Crippen LogP contribution in [0.1, 0.15) is 30.9 Å². The summed E-state index contributed by atoms with van der Waals surface area (Å²) in [4.78, 5) is 12.4. The van der Waals surface area contributed by atoms with E-state index in [0.717, 1.165) is 30.7 Å². The first kappa shape index (κ1) is 15.4. The largest absolute Gasteiger partial charge is 0.497 e. The summed E-state index contributed by atoms with van der Waals surface area (Å²) in [5.41, 5.74) is 2.96. The molecular weight excluding hydrogens is 288 g/mol. The number of urea groups is 1. The smallest absolute Gasteiger partial charge is 0.319 e. The lowest BCUT2D eigenvalue weighted by Crippen LogP contribution is -2.47. The maximum absolute atomic E-state index is 12.4. The van der Waals surface area contributed by atoms with E-state index in [1.54, 1.807) is 7.11 Å². The fraction of sp³-hybridized carbons (Fsp3) is 0.316. The molecule has 1 atom stereocenters. The van der Waals surface area contributed by atoms with Crippen molar-refractivity contribution >= 4 is 11.7 Å². The molecule has 23 heavy (non-hydrogen) atoms. The number of nitrogens with one attached hydrogen (secondary N) is 2. The minimum absolute atomic E-state index is 0.186. The van der Waals surface area contributed by atoms with Gasteiger partial charge in [-0.05, 0) is 61.6 Å². The molecule has 0 saturated carbocycles. The molecule has 1 aliphatic rings. The van der Waals surface area contributed by atoms with Crippen molar-refractivity contribution in [2.75, 3.05) is 12.4 Å². The SMILES string of the molecule is COc1ccc(NC(=O)N[C@]2(C)CCCc3ccccc32)cc1. The molecule has 0 bridgehead atoms. The summed E-state index contributed by atoms with van der Waals surface area (Å²) in [7, 11) is 1.62. The summed E-state index contributed by atoms with van der Waals surface area (Å²) in [6, 6.07) is 15.5. The maximum atomic E-state index is 12.4. The number of carbonyl (C=O) groups excluding carboxylic acids is 1. The van der Waals surface area contributed by atoms with Crippen molar-refractivity contribution in [1.29, 1.82) is 0 Å². The summed E-state index contributed by atoms with van der Waals surface area (Å²) in [6.45, 7) is 2.10. The Morgan fingerprint density at radius 2 is 1.87 bits per heavy atom. The Labute approximate surface area is 136 Å². The first-order valence-corrected chi connectivity index (χ1v) is 7.92. The number of aryl methyl sites for hydroxylation is 1. The highest BCUT2D eigenvalue weighted by atomic mass is 16.5. The van der Waals surface area contributed by atoms with Crippen LogP contribution in [0.3, 0.4) is 0 Å². The lowest BCUT2D eigenvalue weighted by Gasteiger charge is -2.36. The van der Waals surface area contributed by atoms with Gasteiger partial charge in [-0.15, -0.1) is 0 Å². The Hall–Kier alpha value is -2.49. The number of fused-ring (bicyclic) bond motifs is 1. The molecule has 0 radical (unpaired) electrons. The van der Waals surface area contributed by atoms with Gasteiger partial charge in [0.1, 0.15) is 5.75 Å². The van der Waals surface area contributed by atoms with Crippen molar-refractivity contribution in [1.82, 2.24) is 5.32 Å². The summed E-state index contributed by atoms with van der Waals surface area (Å²) < 4.78 is 5.12. The third-order valence-electron chi connectivity index (χ3n) is 4.47. The zero-order valence-corrected chi connectivity index (χ0v) is 13.6. The minimum Gasteiger partial charge on any atom is -0.497 e. The Morgan fingerprint density at radius 1 is 1.13 bits per heavy atom. The second-order valence-electron chi connectivity index (χ2n) is 6.15. The molecular formula is C19H22N2O2. The van der Waals surface area contributed by atoms with Crippen LogP contribution in [0.5, 0.6) is 5.75 Å². The van der Waals surface area contributed by atoms with E-state index in [9.17, 15) is 4.79 Å². The molecule has 0 saturated heterocycles. The third kappa shape index (κ3) is 3.31. The first-order chi connectivity index (χ1) is 11.1. The number of benzene rings is 2. The van der Waals surface area contributed by atoms with E-state index in [0.29, 0.717) is 0 Å². The fourth-order valence-electron chi connectivity index (χ4n) is 3.26. The van der Waals surface area contributed by atoms with Crippen molar-refractivity contribution in [3.8, 4) is 5.75 Å². The topological polar surface area (TPSA) is 50.4 Å². The number of methoxy groups -OCH3 is 1. The number of ether oxygens (including phenoxy) is 1. The summed E-state index contributed by atoms with van der Waals surface area (Å²) in [5.74, 6) is 0.768. The van der Waals surface area contributed by atoms with Gasteiger partial charge in [0.05, 0.1) is 12.6 Å². The van der Waals surface area contributed by atoms with Crippen LogP contribution < -0.4 is 15.4 Å². The standard InChI is InChI=1S/C19H22N2O2/c1-19(13-5-7-14-6-3-4-8-17(14)19)21-18(22)20-15-9-11-16(23-2)12-10-15/h3-4,6,8-12H,5,7,13H2,1-2H3,(H2,20,21,22)/t19-/m1/s1. The van der Waals surface area contributed by atoms with Gasteiger partial charge in [0.15, 0.2) is 0 Å². The zero-order valence-electron chi connectivity index (χ0n) is 13.6. The molecule has 4 heteroatoms. The maximum Gasteiger partial charge on any atom is 0.319 e. The van der Waals surface area contributed by atoms with Gasteiger partial charge in [0.25, 0.3) is 0 Å². The Kier molecular flexibility index (Phi) is 4.24. The average Bonchev–Trinajstić information content (AvgIpc) is 2.56. The molecule has 2 amide bonds. The van der Waals surface area contributed by atoms with E-state index in [1.807, 2.05) is 30.3 Å². The van der Waals surface area contributed by atoms with Gasteiger partial charge >= 0.3 is 6.03 Å². The lowest BCUT2D eigenvalue weighted by molar-refractivity contribution is 0.233. The van der Waals surface area contributed by atoms with E-state index in [2.05, 4.69) is 35.8 Å². The molecule has 0 aliphatic heterocycles. The van der Waals surface area contributed by atoms with E-state index in [-0.39, 0.29) is 11.6 Å². The van der Waals surface area contributed by atoms with Crippen LogP contribution in [-0.4, -0.2) is 13.1 Å². The number of hydrogen-bond donors (Lipinski definition) is 2. The monoisotopic (exact) mass is 310 g/mol. The molecule has 2 aromatic carbocycles. The molecule has 0 heterocycles. The van der Waals surface area contributed by atoms with Crippen LogP contribution in [0.2, 0.25) is 0 Å². The average molecular weight is 310 g/mol. The quantitative estimate of drug-likeness (QED) is 0.898. The summed E-state index contributed by atoms with van der Waals surface area (Å²) >= 11 is 0. The molecule has 0 spiro atoms. The van der Waals surface area contributed by atoms with Crippen LogP contribution in [0, 0.1) is 0 Å². The second-order valence-corrected chi connectivity index (χ2v) is 6.15. The number of amides is 2. The van der Waals surface area contributed by atoms with Crippen molar-refractivity contribution in [3.63, 3.8) is 0 Å². The third-order valence-corrected chi connectivity index (χ3v) is 4.47. The molecule has 0 fully saturated rings. The molecule has 3 rings (SSSR count). The van der Waals surface area contributed by atoms with E-state index >= 15 is 0 Å². The van der Waals surface area contributed by atoms with E-state index < -0.39 is 0 Å². The van der Waals surface area contributed by atoms with Crippen LogP contribution >= 0.6 is 0 Å². The molecule has 2 N–H and O–H groups in total. The highest BCUT2D eigenvalue weighted by Gasteiger charge is 2.33. The van der Waals surface area contributed by atoms with Crippen molar-refractivity contribution < 1.29 is 9.53 Å². The fourth-order valence-corrected chi connectivity index (χ4v) is 3.26. The Balaban J connectivity index is 1.72.